The lowest BCUT2D eigenvalue weighted by Crippen LogP contribution is -2.37. The van der Waals surface area contributed by atoms with Gasteiger partial charge in [0.15, 0.2) is 0 Å². The van der Waals surface area contributed by atoms with Crippen LogP contribution in [0.5, 0.6) is 0 Å². The first-order chi connectivity index (χ1) is 5.27. The van der Waals surface area contributed by atoms with Crippen LogP contribution in [0.25, 0.3) is 0 Å². The molecule has 0 amide bonds. The lowest BCUT2D eigenvalue weighted by molar-refractivity contribution is 0.364. The van der Waals surface area contributed by atoms with E-state index in [1.54, 1.807) is 0 Å². The molecule has 1 heteroatoms. The van der Waals surface area contributed by atoms with Gasteiger partial charge in [-0.15, -0.1) is 0 Å². The zero-order valence-electron chi connectivity index (χ0n) is 7.64. The fourth-order valence-electron chi connectivity index (χ4n) is 2.30. The molecule has 64 valence electrons. The van der Waals surface area contributed by atoms with E-state index in [0.29, 0.717) is 0 Å². The number of nitrogens with one attached hydrogen (secondary N) is 1. The Labute approximate surface area is 69.6 Å². The molecule has 2 aliphatic rings. The summed E-state index contributed by atoms with van der Waals surface area (Å²) in [6.45, 7) is 4.78. The van der Waals surface area contributed by atoms with Crippen molar-refractivity contribution < 1.29 is 0 Å². The third-order valence-corrected chi connectivity index (χ3v) is 3.31. The Morgan fingerprint density at radius 2 is 1.45 bits per heavy atom. The van der Waals surface area contributed by atoms with Crippen LogP contribution in [0.1, 0.15) is 39.5 Å². The van der Waals surface area contributed by atoms with Crippen molar-refractivity contribution in [1.29, 1.82) is 0 Å². The van der Waals surface area contributed by atoms with E-state index in [1.807, 2.05) is 0 Å². The summed E-state index contributed by atoms with van der Waals surface area (Å²) in [5, 5.41) is 3.75. The van der Waals surface area contributed by atoms with E-state index in [4.69, 9.17) is 0 Å². The highest BCUT2D eigenvalue weighted by molar-refractivity contribution is 4.92. The van der Waals surface area contributed by atoms with E-state index in [0.717, 1.165) is 23.9 Å². The Balaban J connectivity index is 1.87. The average molecular weight is 153 g/mol. The Morgan fingerprint density at radius 1 is 0.909 bits per heavy atom. The van der Waals surface area contributed by atoms with Crippen LogP contribution in [0.2, 0.25) is 0 Å². The average Bonchev–Trinajstić information content (AvgIpc) is 2.73. The summed E-state index contributed by atoms with van der Waals surface area (Å²) >= 11 is 0. The SMILES string of the molecule is CC1CCC(C)C1NC1CC1. The molecule has 1 N–H and O–H groups in total. The predicted molar refractivity (Wildman–Crippen MR) is 47.5 cm³/mol. The predicted octanol–water partition coefficient (Wildman–Crippen LogP) is 2.17. The minimum absolute atomic E-state index is 0.836. The molecule has 2 atom stereocenters. The van der Waals surface area contributed by atoms with Crippen LogP contribution < -0.4 is 5.32 Å². The van der Waals surface area contributed by atoms with Crippen LogP contribution in [-0.2, 0) is 0 Å². The van der Waals surface area contributed by atoms with Crippen molar-refractivity contribution in [3.05, 3.63) is 0 Å². The van der Waals surface area contributed by atoms with E-state index >= 15 is 0 Å². The smallest absolute Gasteiger partial charge is 0.0121 e. The Hall–Kier alpha value is -0.0400. The van der Waals surface area contributed by atoms with Crippen LogP contribution in [0, 0.1) is 11.8 Å². The van der Waals surface area contributed by atoms with Crippen molar-refractivity contribution in [3.8, 4) is 0 Å². The van der Waals surface area contributed by atoms with Crippen LogP contribution in [-0.4, -0.2) is 12.1 Å². The quantitative estimate of drug-likeness (QED) is 0.641. The highest BCUT2D eigenvalue weighted by Crippen LogP contribution is 2.33. The molecule has 0 radical (unpaired) electrons. The van der Waals surface area contributed by atoms with Gasteiger partial charge >= 0.3 is 0 Å². The van der Waals surface area contributed by atoms with Gasteiger partial charge in [0.1, 0.15) is 0 Å². The maximum atomic E-state index is 3.75. The molecule has 2 aliphatic carbocycles. The first-order valence-corrected chi connectivity index (χ1v) is 5.03. The summed E-state index contributed by atoms with van der Waals surface area (Å²) in [7, 11) is 0. The fraction of sp³-hybridized carbons (Fsp3) is 1.00. The summed E-state index contributed by atoms with van der Waals surface area (Å²) in [6.07, 6.45) is 5.73. The molecule has 0 spiro atoms. The largest absolute Gasteiger partial charge is 0.311 e. The summed E-state index contributed by atoms with van der Waals surface area (Å²) in [6, 6.07) is 1.73. The zero-order valence-corrected chi connectivity index (χ0v) is 7.64. The minimum atomic E-state index is 0.836. The topological polar surface area (TPSA) is 12.0 Å². The second-order valence-electron chi connectivity index (χ2n) is 4.50. The first kappa shape index (κ1) is 7.60. The van der Waals surface area contributed by atoms with Gasteiger partial charge in [-0.25, -0.2) is 0 Å². The summed E-state index contributed by atoms with van der Waals surface area (Å²) in [5.41, 5.74) is 0. The van der Waals surface area contributed by atoms with Crippen molar-refractivity contribution in [2.75, 3.05) is 0 Å². The monoisotopic (exact) mass is 153 g/mol. The second kappa shape index (κ2) is 2.78. The summed E-state index contributed by atoms with van der Waals surface area (Å²) in [4.78, 5) is 0. The van der Waals surface area contributed by atoms with Crippen LogP contribution in [0.3, 0.4) is 0 Å². The van der Waals surface area contributed by atoms with Gasteiger partial charge in [0.05, 0.1) is 0 Å². The Morgan fingerprint density at radius 3 is 1.91 bits per heavy atom. The lowest BCUT2D eigenvalue weighted by Gasteiger charge is -2.21. The molecule has 11 heavy (non-hydrogen) atoms. The molecule has 0 saturated heterocycles. The van der Waals surface area contributed by atoms with E-state index in [9.17, 15) is 0 Å². The normalized spacial score (nSPS) is 44.7. The maximum Gasteiger partial charge on any atom is 0.0121 e. The summed E-state index contributed by atoms with van der Waals surface area (Å²) in [5.74, 6) is 1.84. The molecule has 0 bridgehead atoms. The number of rotatable bonds is 2. The van der Waals surface area contributed by atoms with E-state index in [2.05, 4.69) is 19.2 Å². The van der Waals surface area contributed by atoms with E-state index in [-0.39, 0.29) is 0 Å². The highest BCUT2D eigenvalue weighted by Gasteiger charge is 2.34. The van der Waals surface area contributed by atoms with Gasteiger partial charge in [0, 0.05) is 12.1 Å². The molecule has 1 nitrogen and oxygen atoms in total. The minimum Gasteiger partial charge on any atom is -0.311 e. The Kier molecular flexibility index (Phi) is 1.92. The second-order valence-corrected chi connectivity index (χ2v) is 4.50. The molecular formula is C10H19N. The van der Waals surface area contributed by atoms with Crippen LogP contribution in [0.15, 0.2) is 0 Å². The molecule has 2 fully saturated rings. The van der Waals surface area contributed by atoms with Gasteiger partial charge in [0.25, 0.3) is 0 Å². The highest BCUT2D eigenvalue weighted by atomic mass is 15.0. The van der Waals surface area contributed by atoms with Gasteiger partial charge in [-0.1, -0.05) is 13.8 Å². The number of hydrogen-bond acceptors (Lipinski definition) is 1. The zero-order chi connectivity index (χ0) is 7.84. The molecular weight excluding hydrogens is 134 g/mol. The van der Waals surface area contributed by atoms with Crippen molar-refractivity contribution in [2.24, 2.45) is 11.8 Å². The fourth-order valence-corrected chi connectivity index (χ4v) is 2.30. The van der Waals surface area contributed by atoms with Crippen molar-refractivity contribution in [1.82, 2.24) is 5.32 Å². The molecule has 0 aliphatic heterocycles. The number of hydrogen-bond donors (Lipinski definition) is 1. The third-order valence-electron chi connectivity index (χ3n) is 3.31. The van der Waals surface area contributed by atoms with Gasteiger partial charge in [-0.05, 0) is 37.5 Å². The molecule has 0 aromatic rings. The maximum absolute atomic E-state index is 3.75. The molecule has 2 rings (SSSR count). The summed E-state index contributed by atoms with van der Waals surface area (Å²) < 4.78 is 0. The van der Waals surface area contributed by atoms with Crippen molar-refractivity contribution >= 4 is 0 Å². The van der Waals surface area contributed by atoms with E-state index in [1.165, 1.54) is 25.7 Å². The molecule has 2 unspecified atom stereocenters. The standard InChI is InChI=1S/C10H19N/c1-7-3-4-8(2)10(7)11-9-5-6-9/h7-11H,3-6H2,1-2H3. The Bertz CT molecular complexity index is 130. The van der Waals surface area contributed by atoms with Gasteiger partial charge in [0.2, 0.25) is 0 Å². The van der Waals surface area contributed by atoms with Gasteiger partial charge in [-0.2, -0.15) is 0 Å². The third kappa shape index (κ3) is 1.58. The van der Waals surface area contributed by atoms with Gasteiger partial charge < -0.3 is 5.32 Å². The van der Waals surface area contributed by atoms with Crippen molar-refractivity contribution in [3.63, 3.8) is 0 Å². The first-order valence-electron chi connectivity index (χ1n) is 5.03. The van der Waals surface area contributed by atoms with E-state index < -0.39 is 0 Å². The van der Waals surface area contributed by atoms with Crippen molar-refractivity contribution in [2.45, 2.75) is 51.6 Å². The lowest BCUT2D eigenvalue weighted by atomic mass is 10.0. The van der Waals surface area contributed by atoms with Crippen LogP contribution >= 0.6 is 0 Å². The molecule has 0 aromatic heterocycles. The molecule has 0 aromatic carbocycles. The van der Waals surface area contributed by atoms with Crippen LogP contribution in [0.4, 0.5) is 0 Å². The van der Waals surface area contributed by atoms with Gasteiger partial charge in [-0.3, -0.25) is 0 Å². The molecule has 2 saturated carbocycles. The molecule has 0 heterocycles.